The van der Waals surface area contributed by atoms with Crippen molar-refractivity contribution in [2.24, 2.45) is 0 Å². The fraction of sp³-hybridized carbons (Fsp3) is 0.917. The van der Waals surface area contributed by atoms with E-state index in [0.717, 1.165) is 0 Å². The van der Waals surface area contributed by atoms with Gasteiger partial charge in [-0.1, -0.05) is 0 Å². The molecule has 0 unspecified atom stereocenters. The van der Waals surface area contributed by atoms with E-state index < -0.39 is 11.2 Å². The Balaban J connectivity index is 0.00000289. The highest BCUT2D eigenvalue weighted by atomic mass is 35.5. The molecule has 6 heteroatoms. The summed E-state index contributed by atoms with van der Waals surface area (Å²) in [5, 5.41) is 9.29. The van der Waals surface area contributed by atoms with Crippen LogP contribution in [0.5, 0.6) is 0 Å². The number of hydrogen-bond acceptors (Lipinski definition) is 4. The number of likely N-dealkylation sites (tertiary alicyclic amines) is 1. The second-order valence-electron chi connectivity index (χ2n) is 5.51. The first-order chi connectivity index (χ1) is 7.82. The number of piperidine rings is 1. The Kier molecular flexibility index (Phi) is 6.40. The quantitative estimate of drug-likeness (QED) is 0.839. The number of halogens is 1. The number of rotatable bonds is 2. The molecule has 0 aromatic carbocycles. The molecule has 0 radical (unpaired) electrons. The minimum atomic E-state index is -0.488. The molecule has 0 aromatic heterocycles. The highest BCUT2D eigenvalue weighted by molar-refractivity contribution is 5.85. The van der Waals surface area contributed by atoms with Crippen LogP contribution in [-0.2, 0) is 9.47 Å². The number of methoxy groups -OCH3 is 1. The second-order valence-corrected chi connectivity index (χ2v) is 5.51. The van der Waals surface area contributed by atoms with E-state index in [1.54, 1.807) is 12.0 Å². The standard InChI is InChI=1S/C12H23NO4.ClH/c1-11(2,3)17-10(15)13-7-5-12(9-14,16-4)6-8-13;/h14H,5-9H2,1-4H3;1H. The fourth-order valence-electron chi connectivity index (χ4n) is 1.85. The normalized spacial score (nSPS) is 19.1. The Morgan fingerprint density at radius 2 is 1.83 bits per heavy atom. The van der Waals surface area contributed by atoms with Gasteiger partial charge in [-0.25, -0.2) is 4.79 Å². The van der Waals surface area contributed by atoms with E-state index in [1.165, 1.54) is 0 Å². The van der Waals surface area contributed by atoms with Crippen molar-refractivity contribution < 1.29 is 19.4 Å². The maximum atomic E-state index is 11.8. The third-order valence-electron chi connectivity index (χ3n) is 3.05. The molecule has 0 spiro atoms. The Hall–Kier alpha value is -0.520. The summed E-state index contributed by atoms with van der Waals surface area (Å²) in [6.45, 7) is 6.66. The van der Waals surface area contributed by atoms with E-state index >= 15 is 0 Å². The van der Waals surface area contributed by atoms with E-state index in [0.29, 0.717) is 25.9 Å². The summed E-state index contributed by atoms with van der Waals surface area (Å²) >= 11 is 0. The van der Waals surface area contributed by atoms with Crippen molar-refractivity contribution >= 4 is 18.5 Å². The van der Waals surface area contributed by atoms with Crippen LogP contribution in [0, 0.1) is 0 Å². The van der Waals surface area contributed by atoms with Crippen molar-refractivity contribution in [3.05, 3.63) is 0 Å². The lowest BCUT2D eigenvalue weighted by molar-refractivity contribution is -0.0893. The van der Waals surface area contributed by atoms with Gasteiger partial charge in [0.1, 0.15) is 5.60 Å². The van der Waals surface area contributed by atoms with E-state index in [4.69, 9.17) is 9.47 Å². The topological polar surface area (TPSA) is 59.0 Å². The Labute approximate surface area is 115 Å². The van der Waals surface area contributed by atoms with Crippen molar-refractivity contribution in [3.8, 4) is 0 Å². The number of carbonyl (C=O) groups excluding carboxylic acids is 1. The van der Waals surface area contributed by atoms with E-state index in [2.05, 4.69) is 0 Å². The molecule has 1 N–H and O–H groups in total. The molecule has 1 aliphatic heterocycles. The predicted molar refractivity (Wildman–Crippen MR) is 71.1 cm³/mol. The summed E-state index contributed by atoms with van der Waals surface area (Å²) in [5.41, 5.74) is -0.956. The zero-order valence-corrected chi connectivity index (χ0v) is 12.4. The minimum absolute atomic E-state index is 0. The van der Waals surface area contributed by atoms with Gasteiger partial charge in [-0.3, -0.25) is 0 Å². The molecule has 1 fully saturated rings. The molecule has 1 amide bonds. The summed E-state index contributed by atoms with van der Waals surface area (Å²) in [5.74, 6) is 0. The van der Waals surface area contributed by atoms with Crippen LogP contribution in [-0.4, -0.2) is 54.1 Å². The summed E-state index contributed by atoms with van der Waals surface area (Å²) in [4.78, 5) is 13.5. The van der Waals surface area contributed by atoms with Crippen molar-refractivity contribution in [1.82, 2.24) is 4.90 Å². The van der Waals surface area contributed by atoms with Crippen LogP contribution in [0.15, 0.2) is 0 Å². The van der Waals surface area contributed by atoms with Gasteiger partial charge in [0.15, 0.2) is 0 Å². The Bertz CT molecular complexity index is 264. The molecular weight excluding hydrogens is 258 g/mol. The molecule has 1 saturated heterocycles. The number of nitrogens with zero attached hydrogens (tertiary/aromatic N) is 1. The van der Waals surface area contributed by atoms with Gasteiger partial charge in [-0.2, -0.15) is 0 Å². The molecule has 1 aliphatic rings. The van der Waals surface area contributed by atoms with Crippen LogP contribution in [0.1, 0.15) is 33.6 Å². The molecule has 0 aliphatic carbocycles. The van der Waals surface area contributed by atoms with Gasteiger partial charge >= 0.3 is 6.09 Å². The fourth-order valence-corrected chi connectivity index (χ4v) is 1.85. The number of carbonyl (C=O) groups is 1. The van der Waals surface area contributed by atoms with Crippen molar-refractivity contribution in [1.29, 1.82) is 0 Å². The molecule has 1 heterocycles. The molecule has 1 rings (SSSR count). The van der Waals surface area contributed by atoms with Crippen molar-refractivity contribution in [2.45, 2.75) is 44.8 Å². The summed E-state index contributed by atoms with van der Waals surface area (Å²) in [7, 11) is 1.60. The van der Waals surface area contributed by atoms with Gasteiger partial charge in [0, 0.05) is 20.2 Å². The first-order valence-electron chi connectivity index (χ1n) is 5.96. The van der Waals surface area contributed by atoms with Crippen molar-refractivity contribution in [2.75, 3.05) is 26.8 Å². The molecule has 18 heavy (non-hydrogen) atoms. The number of ether oxygens (including phenoxy) is 2. The smallest absolute Gasteiger partial charge is 0.410 e. The Morgan fingerprint density at radius 3 is 2.17 bits per heavy atom. The molecule has 5 nitrogen and oxygen atoms in total. The average molecular weight is 282 g/mol. The molecule has 108 valence electrons. The van der Waals surface area contributed by atoms with Crippen LogP contribution in [0.3, 0.4) is 0 Å². The summed E-state index contributed by atoms with van der Waals surface area (Å²) < 4.78 is 10.6. The van der Waals surface area contributed by atoms with E-state index in [1.807, 2.05) is 20.8 Å². The second kappa shape index (κ2) is 6.59. The van der Waals surface area contributed by atoms with E-state index in [-0.39, 0.29) is 25.1 Å². The SMILES string of the molecule is COC1(CO)CCN(C(=O)OC(C)(C)C)CC1.Cl. The van der Waals surface area contributed by atoms with Gasteiger partial charge in [0.25, 0.3) is 0 Å². The Morgan fingerprint density at radius 1 is 1.33 bits per heavy atom. The highest BCUT2D eigenvalue weighted by Gasteiger charge is 2.36. The zero-order chi connectivity index (χ0) is 13.1. The third kappa shape index (κ3) is 4.63. The van der Waals surface area contributed by atoms with Crippen LogP contribution in [0.2, 0.25) is 0 Å². The van der Waals surface area contributed by atoms with Crippen LogP contribution >= 0.6 is 12.4 Å². The first kappa shape index (κ1) is 17.5. The predicted octanol–water partition coefficient (Wildman–Crippen LogP) is 1.82. The van der Waals surface area contributed by atoms with Gasteiger partial charge < -0.3 is 19.5 Å². The summed E-state index contributed by atoms with van der Waals surface area (Å²) in [6.07, 6.45) is 0.985. The highest BCUT2D eigenvalue weighted by Crippen LogP contribution is 2.26. The maximum absolute atomic E-state index is 11.8. The lowest BCUT2D eigenvalue weighted by atomic mass is 9.92. The average Bonchev–Trinajstić information content (AvgIpc) is 2.27. The number of aliphatic hydroxyl groups excluding tert-OH is 1. The van der Waals surface area contributed by atoms with Gasteiger partial charge in [-0.05, 0) is 33.6 Å². The third-order valence-corrected chi connectivity index (χ3v) is 3.05. The van der Waals surface area contributed by atoms with Crippen LogP contribution in [0.25, 0.3) is 0 Å². The zero-order valence-electron chi connectivity index (χ0n) is 11.6. The molecule has 0 bridgehead atoms. The maximum Gasteiger partial charge on any atom is 0.410 e. The lowest BCUT2D eigenvalue weighted by Crippen LogP contribution is -2.50. The molecule has 0 saturated carbocycles. The minimum Gasteiger partial charge on any atom is -0.444 e. The number of hydrogen-bond donors (Lipinski definition) is 1. The number of amides is 1. The molecular formula is C12H24ClNO4. The largest absolute Gasteiger partial charge is 0.444 e. The molecule has 0 atom stereocenters. The van der Waals surface area contributed by atoms with Crippen LogP contribution < -0.4 is 0 Å². The van der Waals surface area contributed by atoms with Gasteiger partial charge in [0.2, 0.25) is 0 Å². The van der Waals surface area contributed by atoms with Gasteiger partial charge in [0.05, 0.1) is 12.2 Å². The van der Waals surface area contributed by atoms with Crippen molar-refractivity contribution in [3.63, 3.8) is 0 Å². The lowest BCUT2D eigenvalue weighted by Gasteiger charge is -2.39. The van der Waals surface area contributed by atoms with Gasteiger partial charge in [-0.15, -0.1) is 12.4 Å². The monoisotopic (exact) mass is 281 g/mol. The van der Waals surface area contributed by atoms with E-state index in [9.17, 15) is 9.90 Å². The summed E-state index contributed by atoms with van der Waals surface area (Å²) in [6, 6.07) is 0. The first-order valence-corrected chi connectivity index (χ1v) is 5.96. The number of aliphatic hydroxyl groups is 1. The van der Waals surface area contributed by atoms with Crippen LogP contribution in [0.4, 0.5) is 4.79 Å². The molecule has 0 aromatic rings.